The molecule has 0 fully saturated rings. The third-order valence-electron chi connectivity index (χ3n) is 2.59. The van der Waals surface area contributed by atoms with Gasteiger partial charge >= 0.3 is 0 Å². The van der Waals surface area contributed by atoms with Crippen LogP contribution in [0.4, 0.5) is 4.39 Å². The van der Waals surface area contributed by atoms with E-state index in [9.17, 15) is 9.18 Å². The molecule has 0 unspecified atom stereocenters. The monoisotopic (exact) mass is 356 g/mol. The predicted octanol–water partition coefficient (Wildman–Crippen LogP) is 4.43. The number of rotatable bonds is 5. The molecule has 20 heavy (non-hydrogen) atoms. The Labute approximate surface area is 129 Å². The number of benzene rings is 2. The van der Waals surface area contributed by atoms with E-state index in [2.05, 4.69) is 15.9 Å². The molecular weight excluding hydrogens is 347 g/mol. The maximum atomic E-state index is 13.5. The van der Waals surface area contributed by atoms with Crippen LogP contribution < -0.4 is 4.74 Å². The molecule has 0 aliphatic rings. The average molecular weight is 358 g/mol. The van der Waals surface area contributed by atoms with Gasteiger partial charge in [-0.3, -0.25) is 4.79 Å². The number of ketones is 1. The van der Waals surface area contributed by atoms with Crippen LogP contribution in [0.5, 0.6) is 5.75 Å². The summed E-state index contributed by atoms with van der Waals surface area (Å²) in [7, 11) is 0. The quantitative estimate of drug-likeness (QED) is 0.791. The minimum absolute atomic E-state index is 0.00810. The summed E-state index contributed by atoms with van der Waals surface area (Å²) in [5.41, 5.74) is 0.346. The lowest BCUT2D eigenvalue weighted by Gasteiger charge is -2.07. The van der Waals surface area contributed by atoms with Gasteiger partial charge in [0.15, 0.2) is 5.78 Å². The molecule has 0 N–H and O–H groups in total. The van der Waals surface area contributed by atoms with E-state index in [0.717, 1.165) is 4.47 Å². The van der Waals surface area contributed by atoms with Gasteiger partial charge in [-0.1, -0.05) is 33.6 Å². The van der Waals surface area contributed by atoms with Crippen LogP contribution in [0.15, 0.2) is 46.9 Å². The van der Waals surface area contributed by atoms with Gasteiger partial charge in [-0.05, 0) is 42.0 Å². The van der Waals surface area contributed by atoms with Gasteiger partial charge < -0.3 is 4.74 Å². The zero-order chi connectivity index (χ0) is 14.5. The Bertz CT molecular complexity index is 631. The Kier molecular flexibility index (Phi) is 5.15. The Hall–Kier alpha value is -1.39. The molecule has 2 aromatic rings. The highest BCUT2D eigenvalue weighted by Crippen LogP contribution is 2.18. The molecule has 2 nitrogen and oxygen atoms in total. The molecule has 0 amide bonds. The van der Waals surface area contributed by atoms with Crippen LogP contribution in [0, 0.1) is 5.82 Å². The average Bonchev–Trinajstić information content (AvgIpc) is 2.41. The van der Waals surface area contributed by atoms with Gasteiger partial charge in [-0.25, -0.2) is 4.39 Å². The molecule has 104 valence electrons. The van der Waals surface area contributed by atoms with Crippen LogP contribution in [0.3, 0.4) is 0 Å². The fraction of sp³-hybridized carbons (Fsp3) is 0.133. The number of halogens is 3. The number of ether oxygens (including phenoxy) is 1. The maximum Gasteiger partial charge on any atom is 0.174 e. The molecule has 0 saturated carbocycles. The van der Waals surface area contributed by atoms with Crippen molar-refractivity contribution >= 4 is 33.3 Å². The van der Waals surface area contributed by atoms with Crippen LogP contribution in [0.2, 0.25) is 5.02 Å². The van der Waals surface area contributed by atoms with Crippen molar-refractivity contribution < 1.29 is 13.9 Å². The van der Waals surface area contributed by atoms with Gasteiger partial charge in [-0.2, -0.15) is 0 Å². The van der Waals surface area contributed by atoms with Crippen molar-refractivity contribution in [2.24, 2.45) is 0 Å². The molecule has 0 heterocycles. The normalized spacial score (nSPS) is 10.3. The first kappa shape index (κ1) is 15.0. The molecule has 0 bridgehead atoms. The van der Waals surface area contributed by atoms with Crippen molar-refractivity contribution in [2.75, 3.05) is 6.61 Å². The molecule has 5 heteroatoms. The largest absolute Gasteiger partial charge is 0.486 e. The van der Waals surface area contributed by atoms with E-state index < -0.39 is 5.82 Å². The highest BCUT2D eigenvalue weighted by atomic mass is 79.9. The molecule has 0 radical (unpaired) electrons. The summed E-state index contributed by atoms with van der Waals surface area (Å²) in [6.07, 6.45) is -0.00810. The van der Waals surface area contributed by atoms with E-state index in [1.165, 1.54) is 6.07 Å². The van der Waals surface area contributed by atoms with Gasteiger partial charge in [-0.15, -0.1) is 0 Å². The first-order chi connectivity index (χ1) is 9.54. The van der Waals surface area contributed by atoms with E-state index in [0.29, 0.717) is 16.3 Å². The molecule has 0 aliphatic carbocycles. The zero-order valence-electron chi connectivity index (χ0n) is 10.4. The van der Waals surface area contributed by atoms with E-state index >= 15 is 0 Å². The standard InChI is InChI=1S/C15H11BrClFO2/c16-11-4-5-15(18)10(6-11)7-13(19)9-20-14-3-1-2-12(17)8-14/h1-6,8H,7,9H2. The van der Waals surface area contributed by atoms with E-state index in [-0.39, 0.29) is 18.8 Å². The SMILES string of the molecule is O=C(COc1cccc(Cl)c1)Cc1cc(Br)ccc1F. The lowest BCUT2D eigenvalue weighted by Crippen LogP contribution is -2.14. The summed E-state index contributed by atoms with van der Waals surface area (Å²) in [5.74, 6) is -0.0909. The second-order valence-corrected chi connectivity index (χ2v) is 5.55. The lowest BCUT2D eigenvalue weighted by molar-refractivity contribution is -0.120. The molecule has 0 aromatic heterocycles. The van der Waals surface area contributed by atoms with Crippen LogP contribution in [0.1, 0.15) is 5.56 Å². The van der Waals surface area contributed by atoms with E-state index in [4.69, 9.17) is 16.3 Å². The number of carbonyl (C=O) groups excluding carboxylic acids is 1. The third-order valence-corrected chi connectivity index (χ3v) is 3.32. The Morgan fingerprint density at radius 3 is 2.80 bits per heavy atom. The summed E-state index contributed by atoms with van der Waals surface area (Å²) >= 11 is 9.05. The van der Waals surface area contributed by atoms with Crippen molar-refractivity contribution in [2.45, 2.75) is 6.42 Å². The van der Waals surface area contributed by atoms with Gasteiger partial charge in [0.1, 0.15) is 18.2 Å². The first-order valence-electron chi connectivity index (χ1n) is 5.88. The first-order valence-corrected chi connectivity index (χ1v) is 7.05. The highest BCUT2D eigenvalue weighted by Gasteiger charge is 2.10. The van der Waals surface area contributed by atoms with E-state index in [1.54, 1.807) is 36.4 Å². The van der Waals surface area contributed by atoms with Gasteiger partial charge in [0.05, 0.1) is 0 Å². The van der Waals surface area contributed by atoms with Gasteiger partial charge in [0.2, 0.25) is 0 Å². The highest BCUT2D eigenvalue weighted by molar-refractivity contribution is 9.10. The molecule has 0 saturated heterocycles. The van der Waals surface area contributed by atoms with Crippen LogP contribution >= 0.6 is 27.5 Å². The minimum atomic E-state index is -0.399. The van der Waals surface area contributed by atoms with Crippen molar-refractivity contribution in [3.8, 4) is 5.75 Å². The molecule has 0 atom stereocenters. The number of Topliss-reactive ketones (excluding diaryl/α,β-unsaturated/α-hetero) is 1. The number of hydrogen-bond acceptors (Lipinski definition) is 2. The second kappa shape index (κ2) is 6.86. The maximum absolute atomic E-state index is 13.5. The van der Waals surface area contributed by atoms with Crippen molar-refractivity contribution in [3.05, 3.63) is 63.3 Å². The number of carbonyl (C=O) groups is 1. The smallest absolute Gasteiger partial charge is 0.174 e. The fourth-order valence-corrected chi connectivity index (χ4v) is 2.25. The topological polar surface area (TPSA) is 26.3 Å². The van der Waals surface area contributed by atoms with Gasteiger partial charge in [0, 0.05) is 15.9 Å². The van der Waals surface area contributed by atoms with Crippen LogP contribution in [-0.2, 0) is 11.2 Å². The molecule has 0 spiro atoms. The molecule has 0 aliphatic heterocycles. The third kappa shape index (κ3) is 4.32. The Balaban J connectivity index is 1.94. The minimum Gasteiger partial charge on any atom is -0.486 e. The predicted molar refractivity (Wildman–Crippen MR) is 79.8 cm³/mol. The summed E-state index contributed by atoms with van der Waals surface area (Å²) in [4.78, 5) is 11.8. The second-order valence-electron chi connectivity index (χ2n) is 4.20. The molecular formula is C15H11BrClFO2. The van der Waals surface area contributed by atoms with Crippen LogP contribution in [0.25, 0.3) is 0 Å². The Morgan fingerprint density at radius 2 is 2.05 bits per heavy atom. The summed E-state index contributed by atoms with van der Waals surface area (Å²) in [6.45, 7) is -0.119. The zero-order valence-corrected chi connectivity index (χ0v) is 12.7. The Morgan fingerprint density at radius 1 is 1.25 bits per heavy atom. The molecule has 2 aromatic carbocycles. The molecule has 2 rings (SSSR count). The van der Waals surface area contributed by atoms with Crippen molar-refractivity contribution in [3.63, 3.8) is 0 Å². The summed E-state index contributed by atoms with van der Waals surface area (Å²) in [6, 6.07) is 11.3. The summed E-state index contributed by atoms with van der Waals surface area (Å²) in [5, 5.41) is 0.535. The van der Waals surface area contributed by atoms with E-state index in [1.807, 2.05) is 0 Å². The van der Waals surface area contributed by atoms with Crippen LogP contribution in [-0.4, -0.2) is 12.4 Å². The fourth-order valence-electron chi connectivity index (χ4n) is 1.66. The number of hydrogen-bond donors (Lipinski definition) is 0. The van der Waals surface area contributed by atoms with Gasteiger partial charge in [0.25, 0.3) is 0 Å². The van der Waals surface area contributed by atoms with Crippen molar-refractivity contribution in [1.29, 1.82) is 0 Å². The summed E-state index contributed by atoms with van der Waals surface area (Å²) < 4.78 is 19.6. The van der Waals surface area contributed by atoms with Crippen molar-refractivity contribution in [1.82, 2.24) is 0 Å². The lowest BCUT2D eigenvalue weighted by atomic mass is 10.1.